The van der Waals surface area contributed by atoms with E-state index in [1.54, 1.807) is 12.4 Å². The molecule has 0 radical (unpaired) electrons. The van der Waals surface area contributed by atoms with Crippen LogP contribution in [0, 0.1) is 17.0 Å². The molecule has 0 spiro atoms. The molecule has 0 saturated heterocycles. The number of anilines is 1. The SMILES string of the molecule is Cc1cncc(O[C@H]2CC[C@H](Nc3ccc([N+](=O)[O-])c(C(F)(F)F)c3)CC2)c1. The van der Waals surface area contributed by atoms with Gasteiger partial charge in [-0.1, -0.05) is 0 Å². The molecule has 3 rings (SSSR count). The van der Waals surface area contributed by atoms with Crippen molar-refractivity contribution in [3.05, 3.63) is 57.9 Å². The van der Waals surface area contributed by atoms with Crippen LogP contribution in [0.25, 0.3) is 0 Å². The molecule has 1 saturated carbocycles. The summed E-state index contributed by atoms with van der Waals surface area (Å²) in [5, 5.41) is 13.9. The Morgan fingerprint density at radius 2 is 1.89 bits per heavy atom. The van der Waals surface area contributed by atoms with Crippen LogP contribution in [0.5, 0.6) is 5.75 Å². The van der Waals surface area contributed by atoms with Crippen molar-refractivity contribution in [1.29, 1.82) is 0 Å². The van der Waals surface area contributed by atoms with Crippen LogP contribution in [0.3, 0.4) is 0 Å². The highest BCUT2D eigenvalue weighted by molar-refractivity contribution is 5.55. The molecule has 0 unspecified atom stereocenters. The maximum Gasteiger partial charge on any atom is 0.423 e. The monoisotopic (exact) mass is 395 g/mol. The molecule has 0 bridgehead atoms. The van der Waals surface area contributed by atoms with Gasteiger partial charge in [0.15, 0.2) is 0 Å². The highest BCUT2D eigenvalue weighted by Crippen LogP contribution is 2.38. The summed E-state index contributed by atoms with van der Waals surface area (Å²) in [6.07, 6.45) is 1.61. The summed E-state index contributed by atoms with van der Waals surface area (Å²) in [7, 11) is 0. The standard InChI is InChI=1S/C19H20F3N3O3/c1-12-8-16(11-23-10-12)28-15-5-2-13(3-6-15)24-14-4-7-18(25(26)27)17(9-14)19(20,21)22/h4,7-11,13,15,24H,2-3,5-6H2,1H3/t13-,15-. The summed E-state index contributed by atoms with van der Waals surface area (Å²) in [4.78, 5) is 13.9. The van der Waals surface area contributed by atoms with Gasteiger partial charge in [0.1, 0.15) is 11.3 Å². The van der Waals surface area contributed by atoms with Crippen LogP contribution in [-0.4, -0.2) is 22.1 Å². The van der Waals surface area contributed by atoms with E-state index in [1.807, 2.05) is 13.0 Å². The number of nitro groups is 1. The van der Waals surface area contributed by atoms with E-state index < -0.39 is 22.4 Å². The molecule has 1 aromatic heterocycles. The number of nitro benzene ring substituents is 1. The Labute approximate surface area is 159 Å². The third-order valence-corrected chi connectivity index (χ3v) is 4.70. The predicted octanol–water partition coefficient (Wildman–Crippen LogP) is 5.12. The van der Waals surface area contributed by atoms with E-state index >= 15 is 0 Å². The van der Waals surface area contributed by atoms with Crippen molar-refractivity contribution in [2.24, 2.45) is 0 Å². The summed E-state index contributed by atoms with van der Waals surface area (Å²) in [6.45, 7) is 1.93. The van der Waals surface area contributed by atoms with Gasteiger partial charge in [-0.05, 0) is 56.4 Å². The van der Waals surface area contributed by atoms with Gasteiger partial charge in [0, 0.05) is 24.0 Å². The van der Waals surface area contributed by atoms with E-state index in [1.165, 1.54) is 6.07 Å². The Bertz CT molecular complexity index is 850. The van der Waals surface area contributed by atoms with E-state index in [2.05, 4.69) is 10.3 Å². The molecule has 1 aliphatic rings. The molecule has 1 heterocycles. The maximum absolute atomic E-state index is 13.1. The molecule has 9 heteroatoms. The first-order valence-electron chi connectivity index (χ1n) is 8.93. The van der Waals surface area contributed by atoms with Crippen LogP contribution in [-0.2, 0) is 6.18 Å². The number of rotatable bonds is 5. The predicted molar refractivity (Wildman–Crippen MR) is 97.4 cm³/mol. The van der Waals surface area contributed by atoms with Crippen molar-refractivity contribution < 1.29 is 22.8 Å². The lowest BCUT2D eigenvalue weighted by atomic mass is 9.92. The first kappa shape index (κ1) is 19.9. The van der Waals surface area contributed by atoms with Crippen LogP contribution in [0.15, 0.2) is 36.7 Å². The molecule has 1 aromatic carbocycles. The van der Waals surface area contributed by atoms with E-state index in [4.69, 9.17) is 4.74 Å². The van der Waals surface area contributed by atoms with E-state index in [0.29, 0.717) is 5.75 Å². The molecule has 28 heavy (non-hydrogen) atoms. The van der Waals surface area contributed by atoms with Gasteiger partial charge in [-0.25, -0.2) is 0 Å². The fourth-order valence-electron chi connectivity index (χ4n) is 3.36. The number of hydrogen-bond acceptors (Lipinski definition) is 5. The highest BCUT2D eigenvalue weighted by Gasteiger charge is 2.38. The average molecular weight is 395 g/mol. The zero-order valence-corrected chi connectivity index (χ0v) is 15.2. The number of pyridine rings is 1. The van der Waals surface area contributed by atoms with Gasteiger partial charge in [0.05, 0.1) is 17.2 Å². The Kier molecular flexibility index (Phi) is 5.71. The van der Waals surface area contributed by atoms with Crippen molar-refractivity contribution >= 4 is 11.4 Å². The van der Waals surface area contributed by atoms with Gasteiger partial charge in [-0.15, -0.1) is 0 Å². The fourth-order valence-corrected chi connectivity index (χ4v) is 3.36. The van der Waals surface area contributed by atoms with E-state index in [-0.39, 0.29) is 17.8 Å². The molecule has 1 fully saturated rings. The van der Waals surface area contributed by atoms with Gasteiger partial charge in [0.25, 0.3) is 5.69 Å². The Morgan fingerprint density at radius 3 is 2.50 bits per heavy atom. The topological polar surface area (TPSA) is 77.3 Å². The summed E-state index contributed by atoms with van der Waals surface area (Å²) >= 11 is 0. The minimum atomic E-state index is -4.78. The van der Waals surface area contributed by atoms with Crippen LogP contribution < -0.4 is 10.1 Å². The molecule has 1 N–H and O–H groups in total. The third kappa shape index (κ3) is 4.90. The second-order valence-electron chi connectivity index (χ2n) is 6.92. The van der Waals surface area contributed by atoms with E-state index in [9.17, 15) is 23.3 Å². The van der Waals surface area contributed by atoms with Crippen LogP contribution in [0.4, 0.5) is 24.5 Å². The first-order valence-corrected chi connectivity index (χ1v) is 8.93. The minimum Gasteiger partial charge on any atom is -0.489 e. The van der Waals surface area contributed by atoms with Gasteiger partial charge in [-0.3, -0.25) is 15.1 Å². The number of nitrogens with one attached hydrogen (secondary N) is 1. The van der Waals surface area contributed by atoms with Crippen LogP contribution >= 0.6 is 0 Å². The normalized spacial score (nSPS) is 19.9. The maximum atomic E-state index is 13.1. The van der Waals surface area contributed by atoms with Crippen molar-refractivity contribution in [1.82, 2.24) is 4.98 Å². The van der Waals surface area contributed by atoms with Gasteiger partial charge < -0.3 is 10.1 Å². The molecular formula is C19H20F3N3O3. The van der Waals surface area contributed by atoms with Gasteiger partial charge >= 0.3 is 6.18 Å². The number of ether oxygens (including phenoxy) is 1. The minimum absolute atomic E-state index is 0.0157. The molecule has 0 atom stereocenters. The number of alkyl halides is 3. The Morgan fingerprint density at radius 1 is 1.18 bits per heavy atom. The summed E-state index contributed by atoms with van der Waals surface area (Å²) < 4.78 is 45.2. The van der Waals surface area contributed by atoms with Gasteiger partial charge in [-0.2, -0.15) is 13.2 Å². The summed E-state index contributed by atoms with van der Waals surface area (Å²) in [6, 6.07) is 4.91. The smallest absolute Gasteiger partial charge is 0.423 e. The lowest BCUT2D eigenvalue weighted by Crippen LogP contribution is -2.31. The molecule has 2 aromatic rings. The Balaban J connectivity index is 1.61. The van der Waals surface area contributed by atoms with Crippen molar-refractivity contribution in [2.45, 2.75) is 50.9 Å². The number of benzene rings is 1. The van der Waals surface area contributed by atoms with Crippen molar-refractivity contribution in [2.75, 3.05) is 5.32 Å². The second kappa shape index (κ2) is 8.04. The molecule has 150 valence electrons. The van der Waals surface area contributed by atoms with Crippen molar-refractivity contribution in [3.63, 3.8) is 0 Å². The lowest BCUT2D eigenvalue weighted by Gasteiger charge is -2.30. The largest absolute Gasteiger partial charge is 0.489 e. The third-order valence-electron chi connectivity index (χ3n) is 4.70. The Hall–Kier alpha value is -2.84. The van der Waals surface area contributed by atoms with E-state index in [0.717, 1.165) is 43.4 Å². The zero-order chi connectivity index (χ0) is 20.3. The number of aromatic nitrogens is 1. The second-order valence-corrected chi connectivity index (χ2v) is 6.92. The molecule has 0 aliphatic heterocycles. The number of aryl methyl sites for hydroxylation is 1. The highest BCUT2D eigenvalue weighted by atomic mass is 19.4. The summed E-state index contributed by atoms with van der Waals surface area (Å²) in [5.74, 6) is 0.710. The van der Waals surface area contributed by atoms with Gasteiger partial charge in [0.2, 0.25) is 0 Å². The number of nitrogens with zero attached hydrogens (tertiary/aromatic N) is 2. The molecular weight excluding hydrogens is 375 g/mol. The van der Waals surface area contributed by atoms with Crippen LogP contribution in [0.2, 0.25) is 0 Å². The quantitative estimate of drug-likeness (QED) is 0.562. The number of hydrogen-bond donors (Lipinski definition) is 1. The number of halogens is 3. The first-order chi connectivity index (χ1) is 13.2. The van der Waals surface area contributed by atoms with Crippen molar-refractivity contribution in [3.8, 4) is 5.75 Å². The zero-order valence-electron chi connectivity index (χ0n) is 15.2. The fraction of sp³-hybridized carbons (Fsp3) is 0.421. The molecule has 0 amide bonds. The molecule has 1 aliphatic carbocycles. The average Bonchev–Trinajstić information content (AvgIpc) is 2.62. The molecule has 6 nitrogen and oxygen atoms in total. The summed E-state index contributed by atoms with van der Waals surface area (Å²) in [5.41, 5.74) is -0.954. The van der Waals surface area contributed by atoms with Crippen LogP contribution in [0.1, 0.15) is 36.8 Å². The lowest BCUT2D eigenvalue weighted by molar-refractivity contribution is -0.388.